The molecule has 1 aliphatic carbocycles. The molecule has 1 unspecified atom stereocenters. The summed E-state index contributed by atoms with van der Waals surface area (Å²) >= 11 is 3.44. The van der Waals surface area contributed by atoms with Gasteiger partial charge in [-0.05, 0) is 80.8 Å². The molecule has 0 bridgehead atoms. The fraction of sp³-hybridized carbons (Fsp3) is 0.375. The van der Waals surface area contributed by atoms with Gasteiger partial charge in [0.1, 0.15) is 18.3 Å². The van der Waals surface area contributed by atoms with Crippen molar-refractivity contribution in [2.75, 3.05) is 17.5 Å². The van der Waals surface area contributed by atoms with E-state index in [1.165, 1.54) is 17.0 Å². The Labute approximate surface area is 257 Å². The van der Waals surface area contributed by atoms with Crippen molar-refractivity contribution in [3.05, 3.63) is 88.9 Å². The van der Waals surface area contributed by atoms with Gasteiger partial charge in [-0.1, -0.05) is 65.5 Å². The van der Waals surface area contributed by atoms with Crippen molar-refractivity contribution in [2.45, 2.75) is 69.5 Å². The Morgan fingerprint density at radius 1 is 0.952 bits per heavy atom. The number of nitrogens with zero attached hydrogens (tertiary/aromatic N) is 2. The van der Waals surface area contributed by atoms with Crippen LogP contribution in [0.25, 0.3) is 0 Å². The highest BCUT2D eigenvalue weighted by Crippen LogP contribution is 2.26. The van der Waals surface area contributed by atoms with Gasteiger partial charge in [-0.25, -0.2) is 8.42 Å². The Kier molecular flexibility index (Phi) is 11.0. The molecular weight excluding hydrogens is 618 g/mol. The predicted octanol–water partition coefficient (Wildman–Crippen LogP) is 5.91. The molecule has 8 nitrogen and oxygen atoms in total. The molecule has 0 spiro atoms. The Balaban J connectivity index is 1.64. The second-order valence-corrected chi connectivity index (χ2v) is 13.2. The van der Waals surface area contributed by atoms with Crippen molar-refractivity contribution in [1.29, 1.82) is 0 Å². The number of hydrogen-bond donors (Lipinski definition) is 1. The van der Waals surface area contributed by atoms with Crippen LogP contribution in [-0.4, -0.2) is 50.4 Å². The summed E-state index contributed by atoms with van der Waals surface area (Å²) in [6.45, 7) is 3.68. The van der Waals surface area contributed by atoms with E-state index in [1.807, 2.05) is 31.2 Å². The molecule has 224 valence electrons. The first-order valence-electron chi connectivity index (χ1n) is 14.3. The molecule has 10 heteroatoms. The maximum absolute atomic E-state index is 14.1. The third-order valence-electron chi connectivity index (χ3n) is 7.43. The molecular formula is C32H38BrN3O5S. The van der Waals surface area contributed by atoms with Crippen LogP contribution in [0.2, 0.25) is 0 Å². The summed E-state index contributed by atoms with van der Waals surface area (Å²) in [5, 5.41) is 3.12. The van der Waals surface area contributed by atoms with E-state index in [-0.39, 0.29) is 23.4 Å². The van der Waals surface area contributed by atoms with E-state index in [0.717, 1.165) is 46.4 Å². The summed E-state index contributed by atoms with van der Waals surface area (Å²) in [4.78, 5) is 29.0. The Bertz CT molecular complexity index is 1430. The summed E-state index contributed by atoms with van der Waals surface area (Å²) in [7, 11) is -4.14. The van der Waals surface area contributed by atoms with Crippen LogP contribution >= 0.6 is 15.9 Å². The Hall–Kier alpha value is -3.37. The lowest BCUT2D eigenvalue weighted by Crippen LogP contribution is -2.53. The molecule has 3 aromatic rings. The van der Waals surface area contributed by atoms with Gasteiger partial charge in [0.2, 0.25) is 11.8 Å². The summed E-state index contributed by atoms with van der Waals surface area (Å²) in [5.74, 6) is -0.173. The molecule has 1 saturated carbocycles. The number of sulfonamides is 1. The molecule has 0 heterocycles. The molecule has 0 aliphatic heterocycles. The number of para-hydroxylation sites is 1. The first-order valence-corrected chi connectivity index (χ1v) is 16.6. The molecule has 4 rings (SSSR count). The smallest absolute Gasteiger partial charge is 0.264 e. The number of hydrogen-bond acceptors (Lipinski definition) is 5. The number of amides is 2. The zero-order valence-electron chi connectivity index (χ0n) is 24.0. The molecule has 0 saturated heterocycles. The number of halogens is 1. The quantitative estimate of drug-likeness (QED) is 0.262. The normalized spacial score (nSPS) is 14.5. The van der Waals surface area contributed by atoms with E-state index >= 15 is 0 Å². The van der Waals surface area contributed by atoms with E-state index in [2.05, 4.69) is 21.2 Å². The zero-order chi connectivity index (χ0) is 30.1. The number of anilines is 1. The molecule has 1 aliphatic rings. The van der Waals surface area contributed by atoms with Crippen LogP contribution in [-0.2, 0) is 26.2 Å². The first-order chi connectivity index (χ1) is 20.2. The highest BCUT2D eigenvalue weighted by atomic mass is 79.9. The van der Waals surface area contributed by atoms with Gasteiger partial charge in [-0.3, -0.25) is 13.9 Å². The summed E-state index contributed by atoms with van der Waals surface area (Å²) in [6.07, 6.45) is 5.13. The lowest BCUT2D eigenvalue weighted by atomic mass is 9.95. The fourth-order valence-electron chi connectivity index (χ4n) is 5.06. The van der Waals surface area contributed by atoms with Gasteiger partial charge in [-0.15, -0.1) is 0 Å². The van der Waals surface area contributed by atoms with Crippen molar-refractivity contribution in [2.24, 2.45) is 0 Å². The molecule has 2 amide bonds. The van der Waals surface area contributed by atoms with Gasteiger partial charge >= 0.3 is 0 Å². The molecule has 3 aromatic carbocycles. The Morgan fingerprint density at radius 3 is 2.21 bits per heavy atom. The average Bonchev–Trinajstić information content (AvgIpc) is 3.00. The molecule has 1 N–H and O–H groups in total. The molecule has 1 atom stereocenters. The topological polar surface area (TPSA) is 96.0 Å². The van der Waals surface area contributed by atoms with Crippen molar-refractivity contribution in [1.82, 2.24) is 10.2 Å². The maximum atomic E-state index is 14.1. The molecule has 0 aromatic heterocycles. The Morgan fingerprint density at radius 2 is 1.60 bits per heavy atom. The third kappa shape index (κ3) is 8.13. The number of carbonyl (C=O) groups is 2. The lowest BCUT2D eigenvalue weighted by molar-refractivity contribution is -0.139. The van der Waals surface area contributed by atoms with Crippen LogP contribution in [0.5, 0.6) is 5.75 Å². The number of nitrogens with one attached hydrogen (secondary N) is 1. The van der Waals surface area contributed by atoms with E-state index < -0.39 is 28.5 Å². The van der Waals surface area contributed by atoms with E-state index in [1.54, 1.807) is 49.4 Å². The van der Waals surface area contributed by atoms with Crippen LogP contribution in [0.4, 0.5) is 5.69 Å². The number of rotatable bonds is 12. The van der Waals surface area contributed by atoms with Crippen molar-refractivity contribution in [3.63, 3.8) is 0 Å². The van der Waals surface area contributed by atoms with Crippen LogP contribution in [0, 0.1) is 0 Å². The maximum Gasteiger partial charge on any atom is 0.264 e. The number of carbonyl (C=O) groups excluding carboxylic acids is 2. The van der Waals surface area contributed by atoms with Gasteiger partial charge in [-0.2, -0.15) is 0 Å². The summed E-state index contributed by atoms with van der Waals surface area (Å²) in [5.41, 5.74) is 1.17. The van der Waals surface area contributed by atoms with E-state index in [4.69, 9.17) is 4.74 Å². The van der Waals surface area contributed by atoms with Gasteiger partial charge in [0.05, 0.1) is 17.2 Å². The number of benzene rings is 3. The molecule has 1 fully saturated rings. The first kappa shape index (κ1) is 31.6. The standard InChI is InChI=1S/C32H38BrN3O5S/c1-3-41-29-18-20-30(21-19-29)42(39,40)36(28-12-8-5-9-13-28)23-31(37)35(22-25-14-16-26(33)17-15-25)24(2)32(38)34-27-10-6-4-7-11-27/h5,8-9,12-21,24,27H,3-4,6-7,10-11,22-23H2,1-2H3,(H,34,38). The van der Waals surface area contributed by atoms with Crippen LogP contribution < -0.4 is 14.4 Å². The van der Waals surface area contributed by atoms with Gasteiger partial charge in [0, 0.05) is 17.1 Å². The van der Waals surface area contributed by atoms with Crippen LogP contribution in [0.3, 0.4) is 0 Å². The van der Waals surface area contributed by atoms with Crippen molar-refractivity contribution < 1.29 is 22.7 Å². The van der Waals surface area contributed by atoms with Gasteiger partial charge in [0.15, 0.2) is 0 Å². The minimum Gasteiger partial charge on any atom is -0.494 e. The zero-order valence-corrected chi connectivity index (χ0v) is 26.4. The second-order valence-electron chi connectivity index (χ2n) is 10.4. The predicted molar refractivity (Wildman–Crippen MR) is 168 cm³/mol. The fourth-order valence-corrected chi connectivity index (χ4v) is 6.74. The lowest BCUT2D eigenvalue weighted by Gasteiger charge is -2.33. The van der Waals surface area contributed by atoms with Crippen LogP contribution in [0.15, 0.2) is 88.2 Å². The average molecular weight is 657 g/mol. The molecule has 0 radical (unpaired) electrons. The second kappa shape index (κ2) is 14.7. The highest BCUT2D eigenvalue weighted by molar-refractivity contribution is 9.10. The minimum atomic E-state index is -4.14. The summed E-state index contributed by atoms with van der Waals surface area (Å²) in [6, 6.07) is 21.4. The van der Waals surface area contributed by atoms with Gasteiger partial charge in [0.25, 0.3) is 10.0 Å². The minimum absolute atomic E-state index is 0.0326. The van der Waals surface area contributed by atoms with Crippen LogP contribution in [0.1, 0.15) is 51.5 Å². The van der Waals surface area contributed by atoms with E-state index in [9.17, 15) is 18.0 Å². The summed E-state index contributed by atoms with van der Waals surface area (Å²) < 4.78 is 35.4. The SMILES string of the molecule is CCOc1ccc(S(=O)(=O)N(CC(=O)N(Cc2ccc(Br)cc2)C(C)C(=O)NC2CCCCC2)c2ccccc2)cc1. The van der Waals surface area contributed by atoms with Gasteiger partial charge < -0.3 is 15.0 Å². The number of ether oxygens (including phenoxy) is 1. The highest BCUT2D eigenvalue weighted by Gasteiger charge is 2.33. The monoisotopic (exact) mass is 655 g/mol. The third-order valence-corrected chi connectivity index (χ3v) is 9.75. The van der Waals surface area contributed by atoms with Crippen molar-refractivity contribution in [3.8, 4) is 5.75 Å². The van der Waals surface area contributed by atoms with E-state index in [0.29, 0.717) is 18.0 Å². The largest absolute Gasteiger partial charge is 0.494 e. The molecule has 42 heavy (non-hydrogen) atoms. The van der Waals surface area contributed by atoms with Crippen molar-refractivity contribution >= 4 is 43.5 Å².